The van der Waals surface area contributed by atoms with Crippen molar-refractivity contribution in [1.82, 2.24) is 5.32 Å². The van der Waals surface area contributed by atoms with Gasteiger partial charge in [-0.15, -0.1) is 0 Å². The van der Waals surface area contributed by atoms with Gasteiger partial charge in [-0.25, -0.2) is 0 Å². The zero-order chi connectivity index (χ0) is 13.9. The van der Waals surface area contributed by atoms with Crippen molar-refractivity contribution in [1.29, 1.82) is 0 Å². The Morgan fingerprint density at radius 2 is 2.05 bits per heavy atom. The van der Waals surface area contributed by atoms with Gasteiger partial charge < -0.3 is 20.5 Å². The summed E-state index contributed by atoms with van der Waals surface area (Å²) in [6.45, 7) is 4.05. The van der Waals surface area contributed by atoms with Gasteiger partial charge in [-0.05, 0) is 18.6 Å². The maximum atomic E-state index is 11.4. The highest BCUT2D eigenvalue weighted by atomic mass is 16.5. The lowest BCUT2D eigenvalue weighted by Gasteiger charge is -2.09. The molecule has 19 heavy (non-hydrogen) atoms. The number of nitrogen functional groups attached to an aromatic ring is 1. The number of benzene rings is 1. The number of ether oxygens (including phenoxy) is 2. The topological polar surface area (TPSA) is 73.6 Å². The second kappa shape index (κ2) is 9.22. The number of hydrogen-bond donors (Lipinski definition) is 2. The molecule has 0 fully saturated rings. The van der Waals surface area contributed by atoms with Crippen molar-refractivity contribution in [2.75, 3.05) is 32.1 Å². The number of hydrogen-bond acceptors (Lipinski definition) is 4. The molecular formula is C14H22N2O3. The molecule has 0 saturated carbocycles. The van der Waals surface area contributed by atoms with E-state index in [0.29, 0.717) is 44.2 Å². The zero-order valence-electron chi connectivity index (χ0n) is 11.4. The standard InChI is InChI=1S/C14H22N2O3/c1-2-9-18-10-7-14(17)16-8-11-19-13-6-4-3-5-12(13)15/h3-6H,2,7-11,15H2,1H3,(H,16,17). The van der Waals surface area contributed by atoms with Crippen molar-refractivity contribution < 1.29 is 14.3 Å². The number of nitrogens with one attached hydrogen (secondary N) is 1. The summed E-state index contributed by atoms with van der Waals surface area (Å²) in [5.74, 6) is 0.615. The third kappa shape index (κ3) is 6.67. The second-order valence-electron chi connectivity index (χ2n) is 4.10. The fraction of sp³-hybridized carbons (Fsp3) is 0.500. The lowest BCUT2D eigenvalue weighted by Crippen LogP contribution is -2.28. The molecule has 106 valence electrons. The summed E-state index contributed by atoms with van der Waals surface area (Å²) in [6, 6.07) is 7.28. The summed E-state index contributed by atoms with van der Waals surface area (Å²) in [4.78, 5) is 11.4. The first-order valence-electron chi connectivity index (χ1n) is 6.55. The number of amides is 1. The number of rotatable bonds is 9. The van der Waals surface area contributed by atoms with Crippen molar-refractivity contribution in [3.63, 3.8) is 0 Å². The minimum atomic E-state index is -0.0271. The minimum absolute atomic E-state index is 0.0271. The van der Waals surface area contributed by atoms with Gasteiger partial charge in [0.25, 0.3) is 0 Å². The molecule has 0 bridgehead atoms. The number of anilines is 1. The van der Waals surface area contributed by atoms with Crippen LogP contribution in [-0.2, 0) is 9.53 Å². The first-order chi connectivity index (χ1) is 9.24. The summed E-state index contributed by atoms with van der Waals surface area (Å²) in [6.07, 6.45) is 1.35. The van der Waals surface area contributed by atoms with E-state index in [0.717, 1.165) is 6.42 Å². The van der Waals surface area contributed by atoms with Gasteiger partial charge in [0.1, 0.15) is 12.4 Å². The van der Waals surface area contributed by atoms with Crippen LogP contribution in [0, 0.1) is 0 Å². The Morgan fingerprint density at radius 1 is 1.26 bits per heavy atom. The Labute approximate surface area is 114 Å². The average Bonchev–Trinajstić information content (AvgIpc) is 2.41. The summed E-state index contributed by atoms with van der Waals surface area (Å²) >= 11 is 0. The van der Waals surface area contributed by atoms with Crippen LogP contribution < -0.4 is 15.8 Å². The Morgan fingerprint density at radius 3 is 2.79 bits per heavy atom. The van der Waals surface area contributed by atoms with Gasteiger partial charge in [-0.2, -0.15) is 0 Å². The maximum absolute atomic E-state index is 11.4. The molecule has 0 radical (unpaired) electrons. The second-order valence-corrected chi connectivity index (χ2v) is 4.10. The molecule has 5 heteroatoms. The van der Waals surface area contributed by atoms with Crippen LogP contribution in [0.2, 0.25) is 0 Å². The van der Waals surface area contributed by atoms with Crippen molar-refractivity contribution in [3.8, 4) is 5.75 Å². The van der Waals surface area contributed by atoms with Gasteiger partial charge >= 0.3 is 0 Å². The largest absolute Gasteiger partial charge is 0.490 e. The van der Waals surface area contributed by atoms with E-state index in [1.54, 1.807) is 12.1 Å². The fourth-order valence-corrected chi connectivity index (χ4v) is 1.46. The number of para-hydroxylation sites is 2. The number of nitrogens with two attached hydrogens (primary N) is 1. The predicted octanol–water partition coefficient (Wildman–Crippen LogP) is 1.58. The van der Waals surface area contributed by atoms with Crippen LogP contribution in [0.4, 0.5) is 5.69 Å². The third-order valence-corrected chi connectivity index (χ3v) is 2.42. The Bertz CT molecular complexity index is 383. The van der Waals surface area contributed by atoms with E-state index >= 15 is 0 Å². The molecule has 3 N–H and O–H groups in total. The quantitative estimate of drug-likeness (QED) is 0.526. The first-order valence-corrected chi connectivity index (χ1v) is 6.55. The summed E-state index contributed by atoms with van der Waals surface area (Å²) in [5.41, 5.74) is 6.33. The Hall–Kier alpha value is -1.75. The summed E-state index contributed by atoms with van der Waals surface area (Å²) < 4.78 is 10.7. The normalized spacial score (nSPS) is 10.2. The minimum Gasteiger partial charge on any atom is -0.490 e. The zero-order valence-corrected chi connectivity index (χ0v) is 11.4. The van der Waals surface area contributed by atoms with E-state index in [-0.39, 0.29) is 5.91 Å². The predicted molar refractivity (Wildman–Crippen MR) is 75.1 cm³/mol. The van der Waals surface area contributed by atoms with Gasteiger partial charge in [0.15, 0.2) is 0 Å². The molecule has 0 aromatic heterocycles. The Kier molecular flexibility index (Phi) is 7.43. The molecule has 0 aliphatic rings. The van der Waals surface area contributed by atoms with E-state index in [2.05, 4.69) is 5.32 Å². The maximum Gasteiger partial charge on any atom is 0.222 e. The van der Waals surface area contributed by atoms with Crippen molar-refractivity contribution in [3.05, 3.63) is 24.3 Å². The number of carbonyl (C=O) groups excluding carboxylic acids is 1. The smallest absolute Gasteiger partial charge is 0.222 e. The van der Waals surface area contributed by atoms with Gasteiger partial charge in [0, 0.05) is 13.0 Å². The first kappa shape index (κ1) is 15.3. The van der Waals surface area contributed by atoms with E-state index < -0.39 is 0 Å². The molecule has 5 nitrogen and oxygen atoms in total. The lowest BCUT2D eigenvalue weighted by atomic mass is 10.3. The van der Waals surface area contributed by atoms with Crippen LogP contribution in [0.1, 0.15) is 19.8 Å². The third-order valence-electron chi connectivity index (χ3n) is 2.42. The molecule has 0 heterocycles. The van der Waals surface area contributed by atoms with Crippen LogP contribution in [-0.4, -0.2) is 32.3 Å². The fourth-order valence-electron chi connectivity index (χ4n) is 1.46. The molecule has 0 unspecified atom stereocenters. The van der Waals surface area contributed by atoms with Crippen molar-refractivity contribution in [2.45, 2.75) is 19.8 Å². The average molecular weight is 266 g/mol. The van der Waals surface area contributed by atoms with Gasteiger partial charge in [-0.1, -0.05) is 19.1 Å². The molecule has 1 rings (SSSR count). The van der Waals surface area contributed by atoms with Crippen LogP contribution in [0.5, 0.6) is 5.75 Å². The van der Waals surface area contributed by atoms with E-state index in [4.69, 9.17) is 15.2 Å². The van der Waals surface area contributed by atoms with Gasteiger partial charge in [-0.3, -0.25) is 4.79 Å². The summed E-state index contributed by atoms with van der Waals surface area (Å²) in [7, 11) is 0. The molecule has 1 aromatic rings. The highest BCUT2D eigenvalue weighted by Gasteiger charge is 2.01. The highest BCUT2D eigenvalue weighted by Crippen LogP contribution is 2.19. The van der Waals surface area contributed by atoms with Crippen molar-refractivity contribution in [2.24, 2.45) is 0 Å². The molecule has 0 aliphatic heterocycles. The van der Waals surface area contributed by atoms with E-state index in [1.807, 2.05) is 19.1 Å². The molecule has 0 spiro atoms. The van der Waals surface area contributed by atoms with Crippen LogP contribution in [0.3, 0.4) is 0 Å². The molecule has 1 aromatic carbocycles. The van der Waals surface area contributed by atoms with Gasteiger partial charge in [0.05, 0.1) is 18.8 Å². The molecular weight excluding hydrogens is 244 g/mol. The van der Waals surface area contributed by atoms with Crippen LogP contribution in [0.25, 0.3) is 0 Å². The van der Waals surface area contributed by atoms with Gasteiger partial charge in [0.2, 0.25) is 5.91 Å². The number of carbonyl (C=O) groups is 1. The van der Waals surface area contributed by atoms with E-state index in [9.17, 15) is 4.79 Å². The molecule has 0 atom stereocenters. The van der Waals surface area contributed by atoms with E-state index in [1.165, 1.54) is 0 Å². The van der Waals surface area contributed by atoms with Crippen LogP contribution in [0.15, 0.2) is 24.3 Å². The SMILES string of the molecule is CCCOCCC(=O)NCCOc1ccccc1N. The molecule has 0 aliphatic carbocycles. The Balaban J connectivity index is 2.07. The highest BCUT2D eigenvalue weighted by molar-refractivity contribution is 5.75. The lowest BCUT2D eigenvalue weighted by molar-refractivity contribution is -0.122. The van der Waals surface area contributed by atoms with Crippen molar-refractivity contribution >= 4 is 11.6 Å². The summed E-state index contributed by atoms with van der Waals surface area (Å²) in [5, 5.41) is 2.76. The molecule has 1 amide bonds. The van der Waals surface area contributed by atoms with Crippen LogP contribution >= 0.6 is 0 Å². The monoisotopic (exact) mass is 266 g/mol. The molecule has 0 saturated heterocycles.